The van der Waals surface area contributed by atoms with Gasteiger partial charge in [-0.15, -0.1) is 11.3 Å². The molecule has 0 radical (unpaired) electrons. The molecule has 4 rings (SSSR count). The number of rotatable bonds is 6. The Morgan fingerprint density at radius 3 is 2.50 bits per heavy atom. The molecule has 0 saturated carbocycles. The standard InChI is InChI=1S/C20H17NO5S2/c22-20(14-4-2-1-3-5-14)19-9-6-15(27-19)13-21-28(23,24)16-7-8-17-18(12-16)26-11-10-25-17/h1-9,12,21H,10-11,13H2. The second kappa shape index (κ2) is 7.75. The summed E-state index contributed by atoms with van der Waals surface area (Å²) in [6.07, 6.45) is 0. The summed E-state index contributed by atoms with van der Waals surface area (Å²) in [4.78, 5) is 13.9. The first-order chi connectivity index (χ1) is 13.5. The Morgan fingerprint density at radius 2 is 1.71 bits per heavy atom. The van der Waals surface area contributed by atoms with Gasteiger partial charge in [0.2, 0.25) is 15.8 Å². The minimum Gasteiger partial charge on any atom is -0.486 e. The van der Waals surface area contributed by atoms with Gasteiger partial charge in [0.25, 0.3) is 0 Å². The highest BCUT2D eigenvalue weighted by Crippen LogP contribution is 2.32. The highest BCUT2D eigenvalue weighted by Gasteiger charge is 2.20. The number of ether oxygens (including phenoxy) is 2. The molecule has 1 N–H and O–H groups in total. The summed E-state index contributed by atoms with van der Waals surface area (Å²) in [5, 5.41) is 0. The van der Waals surface area contributed by atoms with Crippen molar-refractivity contribution in [2.24, 2.45) is 0 Å². The Kier molecular flexibility index (Phi) is 5.17. The number of hydrogen-bond donors (Lipinski definition) is 1. The van der Waals surface area contributed by atoms with E-state index < -0.39 is 10.0 Å². The van der Waals surface area contributed by atoms with Gasteiger partial charge in [-0.3, -0.25) is 4.79 Å². The molecule has 6 nitrogen and oxygen atoms in total. The van der Waals surface area contributed by atoms with Crippen molar-refractivity contribution < 1.29 is 22.7 Å². The molecule has 8 heteroatoms. The van der Waals surface area contributed by atoms with Crippen molar-refractivity contribution in [3.63, 3.8) is 0 Å². The summed E-state index contributed by atoms with van der Waals surface area (Å²) >= 11 is 1.27. The topological polar surface area (TPSA) is 81.7 Å². The first kappa shape index (κ1) is 18.7. The largest absolute Gasteiger partial charge is 0.486 e. The van der Waals surface area contributed by atoms with Crippen LogP contribution in [-0.2, 0) is 16.6 Å². The zero-order chi connectivity index (χ0) is 19.6. The van der Waals surface area contributed by atoms with Gasteiger partial charge in [0.05, 0.1) is 9.77 Å². The van der Waals surface area contributed by atoms with Gasteiger partial charge in [-0.2, -0.15) is 0 Å². The number of hydrogen-bond acceptors (Lipinski definition) is 6. The van der Waals surface area contributed by atoms with E-state index in [2.05, 4.69) is 4.72 Å². The summed E-state index contributed by atoms with van der Waals surface area (Å²) in [6.45, 7) is 0.931. The molecule has 1 aliphatic rings. The van der Waals surface area contributed by atoms with Gasteiger partial charge in [0.15, 0.2) is 11.5 Å². The lowest BCUT2D eigenvalue weighted by Gasteiger charge is -2.18. The summed E-state index contributed by atoms with van der Waals surface area (Å²) in [6, 6.07) is 17.0. The summed E-state index contributed by atoms with van der Waals surface area (Å²) in [5.74, 6) is 0.875. The Balaban J connectivity index is 1.46. The monoisotopic (exact) mass is 415 g/mol. The number of sulfonamides is 1. The van der Waals surface area contributed by atoms with Crippen LogP contribution in [0.3, 0.4) is 0 Å². The lowest BCUT2D eigenvalue weighted by atomic mass is 10.1. The molecule has 0 saturated heterocycles. The Bertz CT molecular complexity index is 1110. The predicted octanol–water partition coefficient (Wildman–Crippen LogP) is 3.23. The van der Waals surface area contributed by atoms with Gasteiger partial charge >= 0.3 is 0 Å². The van der Waals surface area contributed by atoms with Crippen molar-refractivity contribution in [2.75, 3.05) is 13.2 Å². The average molecular weight is 415 g/mol. The molecule has 0 atom stereocenters. The maximum atomic E-state index is 12.6. The van der Waals surface area contributed by atoms with Crippen LogP contribution in [0.4, 0.5) is 0 Å². The molecule has 0 bridgehead atoms. The van der Waals surface area contributed by atoms with E-state index in [4.69, 9.17) is 9.47 Å². The van der Waals surface area contributed by atoms with Crippen LogP contribution in [0.1, 0.15) is 20.1 Å². The Hall–Kier alpha value is -2.68. The number of nitrogens with one attached hydrogen (secondary N) is 1. The quantitative estimate of drug-likeness (QED) is 0.625. The molecule has 0 spiro atoms. The van der Waals surface area contributed by atoms with E-state index in [0.29, 0.717) is 35.2 Å². The number of carbonyl (C=O) groups excluding carboxylic acids is 1. The molecule has 28 heavy (non-hydrogen) atoms. The number of ketones is 1. The average Bonchev–Trinajstić information content (AvgIpc) is 3.21. The first-order valence-corrected chi connectivity index (χ1v) is 10.9. The summed E-state index contributed by atoms with van der Waals surface area (Å²) in [7, 11) is -3.72. The maximum Gasteiger partial charge on any atom is 0.241 e. The number of thiophene rings is 1. The molecule has 2 heterocycles. The fourth-order valence-corrected chi connectivity index (χ4v) is 4.79. The fraction of sp³-hybridized carbons (Fsp3) is 0.150. The van der Waals surface area contributed by atoms with E-state index in [-0.39, 0.29) is 17.2 Å². The molecule has 0 aliphatic carbocycles. The normalized spacial score (nSPS) is 13.3. The zero-order valence-electron chi connectivity index (χ0n) is 14.8. The van der Waals surface area contributed by atoms with Crippen molar-refractivity contribution in [1.82, 2.24) is 4.72 Å². The summed E-state index contributed by atoms with van der Waals surface area (Å²) < 4.78 is 38.6. The zero-order valence-corrected chi connectivity index (χ0v) is 16.4. The smallest absolute Gasteiger partial charge is 0.241 e. The van der Waals surface area contributed by atoms with E-state index in [9.17, 15) is 13.2 Å². The van der Waals surface area contributed by atoms with Crippen molar-refractivity contribution in [2.45, 2.75) is 11.4 Å². The van der Waals surface area contributed by atoms with Crippen molar-refractivity contribution in [3.05, 3.63) is 76.0 Å². The van der Waals surface area contributed by atoms with Crippen LogP contribution in [-0.4, -0.2) is 27.4 Å². The van der Waals surface area contributed by atoms with E-state index in [1.807, 2.05) is 18.2 Å². The van der Waals surface area contributed by atoms with Crippen molar-refractivity contribution in [1.29, 1.82) is 0 Å². The molecule has 1 aliphatic heterocycles. The third-order valence-electron chi connectivity index (χ3n) is 4.18. The fourth-order valence-electron chi connectivity index (χ4n) is 2.77. The Morgan fingerprint density at radius 1 is 0.964 bits per heavy atom. The molecule has 3 aromatic rings. The molecular formula is C20H17NO5S2. The van der Waals surface area contributed by atoms with Gasteiger partial charge in [0.1, 0.15) is 13.2 Å². The van der Waals surface area contributed by atoms with Crippen molar-refractivity contribution in [3.8, 4) is 11.5 Å². The van der Waals surface area contributed by atoms with Crippen LogP contribution >= 0.6 is 11.3 Å². The predicted molar refractivity (Wildman–Crippen MR) is 106 cm³/mol. The molecule has 2 aromatic carbocycles. The molecular weight excluding hydrogens is 398 g/mol. The van der Waals surface area contributed by atoms with E-state index in [1.54, 1.807) is 30.3 Å². The SMILES string of the molecule is O=C(c1ccccc1)c1ccc(CNS(=O)(=O)c2ccc3c(c2)OCCO3)s1. The minimum absolute atomic E-state index is 0.0773. The van der Waals surface area contributed by atoms with Gasteiger partial charge in [0, 0.05) is 23.1 Å². The minimum atomic E-state index is -3.72. The van der Waals surface area contributed by atoms with Crippen LogP contribution in [0.2, 0.25) is 0 Å². The van der Waals surface area contributed by atoms with Gasteiger partial charge in [-0.25, -0.2) is 13.1 Å². The van der Waals surface area contributed by atoms with E-state index in [1.165, 1.54) is 23.5 Å². The van der Waals surface area contributed by atoms with Crippen LogP contribution in [0, 0.1) is 0 Å². The second-order valence-corrected chi connectivity index (χ2v) is 9.03. The lowest BCUT2D eigenvalue weighted by molar-refractivity contribution is 0.104. The van der Waals surface area contributed by atoms with E-state index >= 15 is 0 Å². The van der Waals surface area contributed by atoms with Gasteiger partial charge in [-0.1, -0.05) is 30.3 Å². The van der Waals surface area contributed by atoms with Crippen LogP contribution in [0.25, 0.3) is 0 Å². The number of fused-ring (bicyclic) bond motifs is 1. The highest BCUT2D eigenvalue weighted by molar-refractivity contribution is 7.89. The van der Waals surface area contributed by atoms with Crippen LogP contribution in [0.15, 0.2) is 65.6 Å². The van der Waals surface area contributed by atoms with E-state index in [0.717, 1.165) is 4.88 Å². The molecule has 0 unspecified atom stereocenters. The first-order valence-electron chi connectivity index (χ1n) is 8.61. The third-order valence-corrected chi connectivity index (χ3v) is 6.66. The number of benzene rings is 2. The van der Waals surface area contributed by atoms with Gasteiger partial charge < -0.3 is 9.47 Å². The maximum absolute atomic E-state index is 12.6. The van der Waals surface area contributed by atoms with Gasteiger partial charge in [-0.05, 0) is 24.3 Å². The van der Waals surface area contributed by atoms with Crippen LogP contribution < -0.4 is 14.2 Å². The molecule has 0 fully saturated rings. The molecule has 1 aromatic heterocycles. The third kappa shape index (κ3) is 3.94. The van der Waals surface area contributed by atoms with Crippen molar-refractivity contribution >= 4 is 27.1 Å². The Labute approximate surface area is 166 Å². The second-order valence-electron chi connectivity index (χ2n) is 6.09. The number of carbonyl (C=O) groups is 1. The highest BCUT2D eigenvalue weighted by atomic mass is 32.2. The summed E-state index contributed by atoms with van der Waals surface area (Å²) in [5.41, 5.74) is 0.604. The van der Waals surface area contributed by atoms with Crippen LogP contribution in [0.5, 0.6) is 11.5 Å². The lowest BCUT2D eigenvalue weighted by Crippen LogP contribution is -2.23. The molecule has 0 amide bonds. The molecule has 144 valence electrons.